The van der Waals surface area contributed by atoms with Gasteiger partial charge in [-0.05, 0) is 62.2 Å². The van der Waals surface area contributed by atoms with Crippen LogP contribution in [0.1, 0.15) is 37.9 Å². The molecule has 1 aliphatic rings. The number of thiazole rings is 1. The Morgan fingerprint density at radius 3 is 2.46 bits per heavy atom. The molecule has 0 N–H and O–H groups in total. The van der Waals surface area contributed by atoms with E-state index in [9.17, 15) is 9.59 Å². The molecule has 2 aromatic carbocycles. The van der Waals surface area contributed by atoms with Gasteiger partial charge in [0.2, 0.25) is 0 Å². The third-order valence-corrected chi connectivity index (χ3v) is 7.49. The number of likely N-dealkylation sites (N-methyl/N-ethyl adjacent to an activating group) is 1. The van der Waals surface area contributed by atoms with E-state index in [1.54, 1.807) is 46.9 Å². The van der Waals surface area contributed by atoms with E-state index < -0.39 is 6.04 Å². The third kappa shape index (κ3) is 4.81. The van der Waals surface area contributed by atoms with E-state index >= 15 is 0 Å². The van der Waals surface area contributed by atoms with E-state index in [0.29, 0.717) is 49.5 Å². The first kappa shape index (κ1) is 25.2. The number of ether oxygens (including phenoxy) is 1. The molecule has 9 heteroatoms. The zero-order chi connectivity index (χ0) is 25.3. The quantitative estimate of drug-likeness (QED) is 0.474. The predicted octanol–water partition coefficient (Wildman–Crippen LogP) is 4.42. The number of nitrogens with zero attached hydrogens (tertiary/aromatic N) is 3. The zero-order valence-corrected chi connectivity index (χ0v) is 22.2. The molecule has 0 bridgehead atoms. The molecule has 1 amide bonds. The van der Waals surface area contributed by atoms with Crippen LogP contribution in [-0.4, -0.2) is 35.6 Å². The molecule has 35 heavy (non-hydrogen) atoms. The summed E-state index contributed by atoms with van der Waals surface area (Å²) in [6.45, 7) is 6.80. The molecule has 0 spiro atoms. The van der Waals surface area contributed by atoms with E-state index in [0.717, 1.165) is 11.1 Å². The summed E-state index contributed by atoms with van der Waals surface area (Å²) in [6.07, 6.45) is 1.78. The highest BCUT2D eigenvalue weighted by Crippen LogP contribution is 2.32. The van der Waals surface area contributed by atoms with Gasteiger partial charge >= 0.3 is 0 Å². The van der Waals surface area contributed by atoms with Gasteiger partial charge in [0.1, 0.15) is 5.75 Å². The molecule has 182 valence electrons. The van der Waals surface area contributed by atoms with Crippen LogP contribution in [0.5, 0.6) is 5.75 Å². The lowest BCUT2D eigenvalue weighted by atomic mass is 9.94. The van der Waals surface area contributed by atoms with Gasteiger partial charge < -0.3 is 9.64 Å². The Morgan fingerprint density at radius 1 is 1.17 bits per heavy atom. The SMILES string of the molecule is CCN(CC)C(=O)C1=C(C)N=c2s/c(=C\c3ccc(OC)c(Cl)c3)c(=O)n2[C@H]1c1ccc(Cl)cc1. The summed E-state index contributed by atoms with van der Waals surface area (Å²) in [6, 6.07) is 12.0. The van der Waals surface area contributed by atoms with Crippen molar-refractivity contribution < 1.29 is 9.53 Å². The molecule has 1 atom stereocenters. The van der Waals surface area contributed by atoms with Crippen molar-refractivity contribution in [3.63, 3.8) is 0 Å². The summed E-state index contributed by atoms with van der Waals surface area (Å²) in [5.41, 5.74) is 2.42. The van der Waals surface area contributed by atoms with E-state index in [4.69, 9.17) is 27.9 Å². The minimum Gasteiger partial charge on any atom is -0.495 e. The Morgan fingerprint density at radius 2 is 1.86 bits per heavy atom. The number of aromatic nitrogens is 1. The molecule has 0 aliphatic carbocycles. The summed E-state index contributed by atoms with van der Waals surface area (Å²) < 4.78 is 7.32. The number of carbonyl (C=O) groups is 1. The molecule has 0 saturated carbocycles. The lowest BCUT2D eigenvalue weighted by Crippen LogP contribution is -2.43. The molecule has 3 aromatic rings. The second kappa shape index (κ2) is 10.4. The molecule has 6 nitrogen and oxygen atoms in total. The van der Waals surface area contributed by atoms with Gasteiger partial charge in [-0.1, -0.05) is 52.7 Å². The zero-order valence-electron chi connectivity index (χ0n) is 19.8. The van der Waals surface area contributed by atoms with E-state index in [1.807, 2.05) is 39.0 Å². The average Bonchev–Trinajstić information content (AvgIpc) is 3.14. The van der Waals surface area contributed by atoms with Crippen LogP contribution < -0.4 is 19.6 Å². The number of amides is 1. The highest BCUT2D eigenvalue weighted by Gasteiger charge is 2.34. The molecule has 0 fully saturated rings. The third-order valence-electron chi connectivity index (χ3n) is 5.96. The maximum absolute atomic E-state index is 13.7. The van der Waals surface area contributed by atoms with Crippen molar-refractivity contribution in [2.75, 3.05) is 20.2 Å². The minimum atomic E-state index is -0.613. The number of hydrogen-bond donors (Lipinski definition) is 0. The fourth-order valence-electron chi connectivity index (χ4n) is 4.16. The van der Waals surface area contributed by atoms with Crippen LogP contribution in [0.15, 0.2) is 63.5 Å². The predicted molar refractivity (Wildman–Crippen MR) is 141 cm³/mol. The van der Waals surface area contributed by atoms with Crippen molar-refractivity contribution >= 4 is 46.5 Å². The Hall–Kier alpha value is -2.87. The lowest BCUT2D eigenvalue weighted by Gasteiger charge is -2.29. The van der Waals surface area contributed by atoms with Crippen molar-refractivity contribution in [2.45, 2.75) is 26.8 Å². The van der Waals surface area contributed by atoms with Crippen LogP contribution in [0.4, 0.5) is 0 Å². The van der Waals surface area contributed by atoms with Gasteiger partial charge in [-0.25, -0.2) is 4.99 Å². The van der Waals surface area contributed by atoms with Gasteiger partial charge in [-0.15, -0.1) is 0 Å². The van der Waals surface area contributed by atoms with Crippen molar-refractivity contribution in [3.05, 3.63) is 94.6 Å². The molecule has 0 unspecified atom stereocenters. The van der Waals surface area contributed by atoms with Gasteiger partial charge in [0, 0.05) is 18.1 Å². The molecule has 0 saturated heterocycles. The highest BCUT2D eigenvalue weighted by atomic mass is 35.5. The number of carbonyl (C=O) groups excluding carboxylic acids is 1. The van der Waals surface area contributed by atoms with Gasteiger partial charge in [0.15, 0.2) is 4.80 Å². The normalized spacial score (nSPS) is 15.6. The molecule has 0 radical (unpaired) electrons. The summed E-state index contributed by atoms with van der Waals surface area (Å²) in [5.74, 6) is 0.426. The maximum atomic E-state index is 13.7. The van der Waals surface area contributed by atoms with Crippen LogP contribution in [-0.2, 0) is 4.79 Å². The number of methoxy groups -OCH3 is 1. The second-order valence-electron chi connectivity index (χ2n) is 8.00. The largest absolute Gasteiger partial charge is 0.495 e. The fraction of sp³-hybridized carbons (Fsp3) is 0.269. The van der Waals surface area contributed by atoms with Gasteiger partial charge in [0.05, 0.1) is 34.0 Å². The number of allylic oxidation sites excluding steroid dienone is 1. The molecular weight excluding hydrogens is 505 g/mol. The van der Waals surface area contributed by atoms with Crippen molar-refractivity contribution in [3.8, 4) is 5.75 Å². The Kier molecular flexibility index (Phi) is 7.50. The smallest absolute Gasteiger partial charge is 0.271 e. The van der Waals surface area contributed by atoms with Crippen molar-refractivity contribution in [1.82, 2.24) is 9.47 Å². The van der Waals surface area contributed by atoms with Crippen LogP contribution in [0.25, 0.3) is 6.08 Å². The minimum absolute atomic E-state index is 0.132. The van der Waals surface area contributed by atoms with Crippen LogP contribution >= 0.6 is 34.5 Å². The van der Waals surface area contributed by atoms with Crippen molar-refractivity contribution in [1.29, 1.82) is 0 Å². The lowest BCUT2D eigenvalue weighted by molar-refractivity contribution is -0.127. The summed E-state index contributed by atoms with van der Waals surface area (Å²) in [5, 5.41) is 1.03. The van der Waals surface area contributed by atoms with E-state index in [1.165, 1.54) is 11.3 Å². The Bertz CT molecular complexity index is 1490. The van der Waals surface area contributed by atoms with Crippen LogP contribution in [0, 0.1) is 0 Å². The number of fused-ring (bicyclic) bond motifs is 1. The number of hydrogen-bond acceptors (Lipinski definition) is 5. The van der Waals surface area contributed by atoms with Gasteiger partial charge in [0.25, 0.3) is 11.5 Å². The highest BCUT2D eigenvalue weighted by molar-refractivity contribution is 7.07. The first-order valence-electron chi connectivity index (χ1n) is 11.2. The number of benzene rings is 2. The molecule has 1 aromatic heterocycles. The first-order chi connectivity index (χ1) is 16.8. The standard InChI is InChI=1S/C26H25Cl2N3O3S/c1-5-30(6-2)25(33)22-15(3)29-26-31(23(22)17-8-10-18(27)11-9-17)24(32)21(35-26)14-16-7-12-20(34-4)19(28)13-16/h7-14,23H,5-6H2,1-4H3/b21-14-/t23-/m0/s1. The Balaban J connectivity index is 1.93. The average molecular weight is 530 g/mol. The van der Waals surface area contributed by atoms with Gasteiger partial charge in [-0.2, -0.15) is 0 Å². The maximum Gasteiger partial charge on any atom is 0.271 e. The summed E-state index contributed by atoms with van der Waals surface area (Å²) in [7, 11) is 1.55. The first-order valence-corrected chi connectivity index (χ1v) is 12.8. The van der Waals surface area contributed by atoms with Gasteiger partial charge in [-0.3, -0.25) is 14.2 Å². The van der Waals surface area contributed by atoms with E-state index in [2.05, 4.69) is 4.99 Å². The second-order valence-corrected chi connectivity index (χ2v) is 9.86. The molecule has 2 heterocycles. The number of halogens is 2. The monoisotopic (exact) mass is 529 g/mol. The molecular formula is C26H25Cl2N3O3S. The number of rotatable bonds is 6. The van der Waals surface area contributed by atoms with Crippen LogP contribution in [0.3, 0.4) is 0 Å². The topological polar surface area (TPSA) is 63.9 Å². The molecule has 1 aliphatic heterocycles. The summed E-state index contributed by atoms with van der Waals surface area (Å²) in [4.78, 5) is 34.2. The summed E-state index contributed by atoms with van der Waals surface area (Å²) >= 11 is 13.7. The molecule has 4 rings (SSSR count). The van der Waals surface area contributed by atoms with Crippen LogP contribution in [0.2, 0.25) is 10.0 Å². The van der Waals surface area contributed by atoms with E-state index in [-0.39, 0.29) is 11.5 Å². The fourth-order valence-corrected chi connectivity index (χ4v) is 5.60. The van der Waals surface area contributed by atoms with Crippen molar-refractivity contribution in [2.24, 2.45) is 4.99 Å². The Labute approximate surface area is 217 Å².